The minimum Gasteiger partial charge on any atom is -0.330 e. The number of nitro groups is 1. The molecule has 0 heterocycles. The van der Waals surface area contributed by atoms with Crippen molar-refractivity contribution in [2.75, 3.05) is 6.54 Å². The molecule has 5 nitrogen and oxygen atoms in total. The van der Waals surface area contributed by atoms with Crippen LogP contribution in [0, 0.1) is 10.1 Å². The standard InChI is InChI=1S/C11H12N2O3/c12-6-2-1-3-9-4-5-10(8-14)11(7-9)13(15)16/h1,3-5,7-8H,2,6,12H2. The number of nitrogens with zero attached hydrogens (tertiary/aromatic N) is 1. The van der Waals surface area contributed by atoms with Gasteiger partial charge in [0.05, 0.1) is 10.5 Å². The highest BCUT2D eigenvalue weighted by Crippen LogP contribution is 2.19. The Balaban J connectivity index is 3.02. The number of hydrogen-bond acceptors (Lipinski definition) is 4. The van der Waals surface area contributed by atoms with Crippen LogP contribution in [0.4, 0.5) is 5.69 Å². The maximum atomic E-state index is 10.7. The molecule has 0 aliphatic heterocycles. The van der Waals surface area contributed by atoms with E-state index in [1.807, 2.05) is 6.08 Å². The van der Waals surface area contributed by atoms with Gasteiger partial charge >= 0.3 is 0 Å². The number of carbonyl (C=O) groups is 1. The predicted molar refractivity (Wildman–Crippen MR) is 61.2 cm³/mol. The van der Waals surface area contributed by atoms with E-state index in [-0.39, 0.29) is 11.3 Å². The normalized spacial score (nSPS) is 10.6. The van der Waals surface area contributed by atoms with Gasteiger partial charge in [0.1, 0.15) is 0 Å². The highest BCUT2D eigenvalue weighted by Gasteiger charge is 2.12. The van der Waals surface area contributed by atoms with E-state index in [0.717, 1.165) is 0 Å². The first-order valence-corrected chi connectivity index (χ1v) is 4.79. The number of benzene rings is 1. The molecule has 0 saturated heterocycles. The van der Waals surface area contributed by atoms with E-state index in [0.29, 0.717) is 24.8 Å². The zero-order chi connectivity index (χ0) is 12.0. The maximum Gasteiger partial charge on any atom is 0.280 e. The second kappa shape index (κ2) is 5.77. The molecular formula is C11H12N2O3. The zero-order valence-corrected chi connectivity index (χ0v) is 8.63. The number of nitrogens with two attached hydrogens (primary N) is 1. The minimum atomic E-state index is -0.565. The van der Waals surface area contributed by atoms with Crippen LogP contribution in [0.3, 0.4) is 0 Å². The van der Waals surface area contributed by atoms with Crippen LogP contribution in [-0.2, 0) is 0 Å². The van der Waals surface area contributed by atoms with Crippen molar-refractivity contribution in [2.24, 2.45) is 5.73 Å². The van der Waals surface area contributed by atoms with Gasteiger partial charge in [-0.15, -0.1) is 0 Å². The summed E-state index contributed by atoms with van der Waals surface area (Å²) in [7, 11) is 0. The van der Waals surface area contributed by atoms with E-state index in [4.69, 9.17) is 5.73 Å². The molecule has 0 aliphatic rings. The van der Waals surface area contributed by atoms with Gasteiger partial charge in [0.25, 0.3) is 5.69 Å². The molecule has 0 bridgehead atoms. The average Bonchev–Trinajstić information content (AvgIpc) is 2.29. The van der Waals surface area contributed by atoms with Crippen LogP contribution < -0.4 is 5.73 Å². The third-order valence-corrected chi connectivity index (χ3v) is 2.02. The smallest absolute Gasteiger partial charge is 0.280 e. The van der Waals surface area contributed by atoms with Crippen molar-refractivity contribution < 1.29 is 9.72 Å². The SMILES string of the molecule is NCCC=Cc1ccc(C=O)c([N+](=O)[O-])c1. The van der Waals surface area contributed by atoms with Gasteiger partial charge in [0.2, 0.25) is 0 Å². The highest BCUT2D eigenvalue weighted by molar-refractivity contribution is 5.82. The molecule has 2 N–H and O–H groups in total. The molecule has 0 aliphatic carbocycles. The number of nitro benzene ring substituents is 1. The molecule has 0 aromatic heterocycles. The molecule has 1 rings (SSSR count). The van der Waals surface area contributed by atoms with Crippen LogP contribution >= 0.6 is 0 Å². The molecule has 1 aromatic rings. The summed E-state index contributed by atoms with van der Waals surface area (Å²) in [4.78, 5) is 20.7. The number of carbonyl (C=O) groups excluding carboxylic acids is 1. The van der Waals surface area contributed by atoms with Crippen molar-refractivity contribution in [1.82, 2.24) is 0 Å². The summed E-state index contributed by atoms with van der Waals surface area (Å²) in [5.41, 5.74) is 5.90. The fraction of sp³-hybridized carbons (Fsp3) is 0.182. The summed E-state index contributed by atoms with van der Waals surface area (Å²) in [6, 6.07) is 4.47. The summed E-state index contributed by atoms with van der Waals surface area (Å²) in [6.45, 7) is 0.533. The van der Waals surface area contributed by atoms with Crippen molar-refractivity contribution in [3.05, 3.63) is 45.5 Å². The van der Waals surface area contributed by atoms with Crippen LogP contribution in [0.25, 0.3) is 6.08 Å². The van der Waals surface area contributed by atoms with Crippen molar-refractivity contribution >= 4 is 18.0 Å². The molecular weight excluding hydrogens is 208 g/mol. The lowest BCUT2D eigenvalue weighted by Gasteiger charge is -1.97. The van der Waals surface area contributed by atoms with Gasteiger partial charge < -0.3 is 5.73 Å². The lowest BCUT2D eigenvalue weighted by atomic mass is 10.1. The highest BCUT2D eigenvalue weighted by atomic mass is 16.6. The monoisotopic (exact) mass is 220 g/mol. The second-order valence-electron chi connectivity index (χ2n) is 3.17. The average molecular weight is 220 g/mol. The third-order valence-electron chi connectivity index (χ3n) is 2.02. The first-order chi connectivity index (χ1) is 7.69. The first kappa shape index (κ1) is 12.1. The van der Waals surface area contributed by atoms with Crippen LogP contribution in [0.1, 0.15) is 22.3 Å². The van der Waals surface area contributed by atoms with E-state index in [1.165, 1.54) is 12.1 Å². The van der Waals surface area contributed by atoms with Crippen LogP contribution in [0.5, 0.6) is 0 Å². The molecule has 0 amide bonds. The molecule has 0 spiro atoms. The van der Waals surface area contributed by atoms with E-state index in [1.54, 1.807) is 12.1 Å². The Morgan fingerprint density at radius 1 is 1.44 bits per heavy atom. The fourth-order valence-corrected chi connectivity index (χ4v) is 1.24. The summed E-state index contributed by atoms with van der Waals surface area (Å²) >= 11 is 0. The van der Waals surface area contributed by atoms with Crippen molar-refractivity contribution in [2.45, 2.75) is 6.42 Å². The van der Waals surface area contributed by atoms with Crippen LogP contribution in [-0.4, -0.2) is 17.8 Å². The van der Waals surface area contributed by atoms with Crippen molar-refractivity contribution in [1.29, 1.82) is 0 Å². The molecule has 0 saturated carbocycles. The quantitative estimate of drug-likeness (QED) is 0.465. The topological polar surface area (TPSA) is 86.2 Å². The van der Waals surface area contributed by atoms with Gasteiger partial charge in [-0.2, -0.15) is 0 Å². The first-order valence-electron chi connectivity index (χ1n) is 4.79. The van der Waals surface area contributed by atoms with Crippen molar-refractivity contribution in [3.8, 4) is 0 Å². The van der Waals surface area contributed by atoms with Gasteiger partial charge in [-0.3, -0.25) is 14.9 Å². The molecule has 84 valence electrons. The third kappa shape index (κ3) is 2.99. The van der Waals surface area contributed by atoms with Gasteiger partial charge in [0.15, 0.2) is 6.29 Å². The Kier molecular flexibility index (Phi) is 4.35. The summed E-state index contributed by atoms with van der Waals surface area (Å²) in [5, 5.41) is 10.7. The van der Waals surface area contributed by atoms with Gasteiger partial charge in [-0.1, -0.05) is 18.2 Å². The van der Waals surface area contributed by atoms with Crippen molar-refractivity contribution in [3.63, 3.8) is 0 Å². The molecule has 0 atom stereocenters. The summed E-state index contributed by atoms with van der Waals surface area (Å²) in [5.74, 6) is 0. The Bertz CT molecular complexity index is 427. The Labute approximate surface area is 92.7 Å². The van der Waals surface area contributed by atoms with Gasteiger partial charge in [-0.25, -0.2) is 0 Å². The molecule has 16 heavy (non-hydrogen) atoms. The second-order valence-corrected chi connectivity index (χ2v) is 3.17. The number of hydrogen-bond donors (Lipinski definition) is 1. The largest absolute Gasteiger partial charge is 0.330 e. The lowest BCUT2D eigenvalue weighted by molar-refractivity contribution is -0.385. The molecule has 1 aromatic carbocycles. The molecule has 0 fully saturated rings. The van der Waals surface area contributed by atoms with Crippen LogP contribution in [0.2, 0.25) is 0 Å². The summed E-state index contributed by atoms with van der Waals surface area (Å²) in [6.07, 6.45) is 4.77. The number of aldehydes is 1. The van der Waals surface area contributed by atoms with E-state index >= 15 is 0 Å². The number of rotatable bonds is 5. The van der Waals surface area contributed by atoms with E-state index < -0.39 is 4.92 Å². The molecule has 5 heteroatoms. The van der Waals surface area contributed by atoms with Crippen LogP contribution in [0.15, 0.2) is 24.3 Å². The molecule has 0 unspecified atom stereocenters. The molecule has 0 radical (unpaired) electrons. The predicted octanol–water partition coefficient (Wildman–Crippen LogP) is 1.77. The van der Waals surface area contributed by atoms with E-state index in [9.17, 15) is 14.9 Å². The Hall–Kier alpha value is -2.01. The Morgan fingerprint density at radius 3 is 2.75 bits per heavy atom. The van der Waals surface area contributed by atoms with Gasteiger partial charge in [-0.05, 0) is 24.6 Å². The zero-order valence-electron chi connectivity index (χ0n) is 8.63. The Morgan fingerprint density at radius 2 is 2.19 bits per heavy atom. The fourth-order valence-electron chi connectivity index (χ4n) is 1.24. The van der Waals surface area contributed by atoms with E-state index in [2.05, 4.69) is 0 Å². The maximum absolute atomic E-state index is 10.7. The minimum absolute atomic E-state index is 0.0842. The summed E-state index contributed by atoms with van der Waals surface area (Å²) < 4.78 is 0. The van der Waals surface area contributed by atoms with Gasteiger partial charge in [0, 0.05) is 6.07 Å². The lowest BCUT2D eigenvalue weighted by Crippen LogP contribution is -1.96.